The van der Waals surface area contributed by atoms with Gasteiger partial charge >= 0.3 is 0 Å². The maximum Gasteiger partial charge on any atom is 0.264 e. The molecule has 0 aromatic heterocycles. The van der Waals surface area contributed by atoms with Crippen LogP contribution in [0.15, 0.2) is 0 Å². The average Bonchev–Trinajstić information content (AvgIpc) is 2.56. The molecule has 0 unspecified atom stereocenters. The molecule has 0 heterocycles. The Morgan fingerprint density at radius 1 is 0.600 bits per heavy atom. The average molecular weight is 388 g/mol. The van der Waals surface area contributed by atoms with Crippen molar-refractivity contribution >= 4 is 10.1 Å². The van der Waals surface area contributed by atoms with Crippen molar-refractivity contribution in [2.45, 2.75) is 83.5 Å². The molecule has 10 heteroatoms. The van der Waals surface area contributed by atoms with Crippen molar-refractivity contribution in [3.63, 3.8) is 0 Å². The molecule has 0 fully saturated rings. The van der Waals surface area contributed by atoms with Crippen LogP contribution in [0, 0.1) is 0 Å². The van der Waals surface area contributed by atoms with Crippen LogP contribution in [-0.4, -0.2) is 30.6 Å². The van der Waals surface area contributed by atoms with E-state index in [0.29, 0.717) is 13.0 Å². The van der Waals surface area contributed by atoms with Crippen molar-refractivity contribution in [3.8, 4) is 0 Å². The van der Waals surface area contributed by atoms with Crippen molar-refractivity contribution in [2.75, 3.05) is 12.4 Å². The van der Waals surface area contributed by atoms with E-state index in [0.717, 1.165) is 38.5 Å². The molecule has 0 radical (unpaired) electrons. The van der Waals surface area contributed by atoms with Crippen LogP contribution < -0.4 is 0 Å². The zero-order chi connectivity index (χ0) is 18.6. The van der Waals surface area contributed by atoms with Crippen molar-refractivity contribution in [3.05, 3.63) is 0 Å². The highest BCUT2D eigenvalue weighted by atomic mass is 32.2. The first-order valence-corrected chi connectivity index (χ1v) is 10.6. The summed E-state index contributed by atoms with van der Waals surface area (Å²) < 4.78 is 29.7. The third kappa shape index (κ3) is 23.7. The number of unbranched alkanes of at least 4 members (excludes halogenated alkanes) is 12. The first-order chi connectivity index (χ1) is 12.1. The van der Waals surface area contributed by atoms with Crippen LogP contribution in [0.5, 0.6) is 0 Å². The second-order valence-corrected chi connectivity index (χ2v) is 7.55. The lowest BCUT2D eigenvalue weighted by Crippen LogP contribution is -2.03. The number of rotatable bonds is 20. The zero-order valence-electron chi connectivity index (χ0n) is 14.8. The van der Waals surface area contributed by atoms with Crippen LogP contribution in [0.25, 0.3) is 0 Å². The van der Waals surface area contributed by atoms with E-state index >= 15 is 0 Å². The summed E-state index contributed by atoms with van der Waals surface area (Å²) in [5.74, 6) is -0.118. The van der Waals surface area contributed by atoms with Crippen LogP contribution in [0.4, 0.5) is 0 Å². The highest BCUT2D eigenvalue weighted by Crippen LogP contribution is 2.12. The molecule has 0 atom stereocenters. The van der Waals surface area contributed by atoms with Crippen molar-refractivity contribution in [1.29, 1.82) is 0 Å². The van der Waals surface area contributed by atoms with Crippen LogP contribution in [0.1, 0.15) is 83.5 Å². The van der Waals surface area contributed by atoms with Gasteiger partial charge in [0.15, 0.2) is 0 Å². The largest absolute Gasteiger partial charge is 0.286 e. The van der Waals surface area contributed by atoms with E-state index < -0.39 is 10.1 Å². The van der Waals surface area contributed by atoms with Crippen LogP contribution >= 0.6 is 0 Å². The van der Waals surface area contributed by atoms with Gasteiger partial charge in [0.1, 0.15) is 0 Å². The minimum atomic E-state index is -3.78. The molecular formula is C15H32O9S. The van der Waals surface area contributed by atoms with Crippen molar-refractivity contribution in [1.82, 2.24) is 0 Å². The van der Waals surface area contributed by atoms with Gasteiger partial charge in [0.2, 0.25) is 0 Å². The van der Waals surface area contributed by atoms with Gasteiger partial charge in [-0.2, -0.15) is 8.42 Å². The van der Waals surface area contributed by atoms with E-state index in [1.807, 2.05) is 0 Å². The molecule has 0 aliphatic rings. The Kier molecular flexibility index (Phi) is 18.2. The normalized spacial score (nSPS) is 11.9. The fourth-order valence-corrected chi connectivity index (χ4v) is 3.04. The molecule has 9 nitrogen and oxygen atoms in total. The Morgan fingerprint density at radius 3 is 1.48 bits per heavy atom. The lowest BCUT2D eigenvalue weighted by Gasteiger charge is -2.03. The maximum atomic E-state index is 10.5. The molecule has 152 valence electrons. The SMILES string of the molecule is O=S(=O)(O)CCCCCCCCCCCCCCCOOOOOO. The fourth-order valence-electron chi connectivity index (χ4n) is 2.47. The Morgan fingerprint density at radius 2 is 1.04 bits per heavy atom. The highest BCUT2D eigenvalue weighted by Gasteiger charge is 2.02. The molecule has 0 bridgehead atoms. The van der Waals surface area contributed by atoms with Gasteiger partial charge in [-0.05, 0) is 33.0 Å². The first-order valence-electron chi connectivity index (χ1n) is 8.94. The van der Waals surface area contributed by atoms with Gasteiger partial charge in [-0.25, -0.2) is 10.1 Å². The predicted molar refractivity (Wildman–Crippen MR) is 89.4 cm³/mol. The summed E-state index contributed by atoms with van der Waals surface area (Å²) in [5.41, 5.74) is 0. The van der Waals surface area contributed by atoms with E-state index in [1.54, 1.807) is 0 Å². The van der Waals surface area contributed by atoms with Gasteiger partial charge in [0.25, 0.3) is 10.1 Å². The number of hydrogen-bond donors (Lipinski definition) is 2. The second-order valence-electron chi connectivity index (χ2n) is 5.98. The number of hydrogen-bond acceptors (Lipinski definition) is 8. The van der Waals surface area contributed by atoms with E-state index in [4.69, 9.17) is 9.81 Å². The minimum Gasteiger partial charge on any atom is -0.286 e. The topological polar surface area (TPSA) is 121 Å². The first kappa shape index (κ1) is 24.7. The van der Waals surface area contributed by atoms with Crippen LogP contribution in [0.2, 0.25) is 0 Å². The molecule has 0 rings (SSSR count). The van der Waals surface area contributed by atoms with Crippen LogP contribution in [-0.2, 0) is 35.2 Å². The summed E-state index contributed by atoms with van der Waals surface area (Å²) in [6.45, 7) is 0.374. The molecule has 25 heavy (non-hydrogen) atoms. The molecule has 0 amide bonds. The molecule has 0 saturated heterocycles. The second kappa shape index (κ2) is 18.5. The van der Waals surface area contributed by atoms with Gasteiger partial charge in [-0.3, -0.25) is 4.55 Å². The monoisotopic (exact) mass is 388 g/mol. The standard InChI is InChI=1S/C15H32O9S/c16-21-23-24-22-20-14-12-10-8-6-4-2-1-3-5-7-9-11-13-15-25(17,18)19/h16H,1-15H2,(H,17,18,19). The molecule has 0 aliphatic heterocycles. The molecule has 0 aromatic rings. The molecule has 0 spiro atoms. The van der Waals surface area contributed by atoms with E-state index in [9.17, 15) is 8.42 Å². The summed E-state index contributed by atoms with van der Waals surface area (Å²) in [6.07, 6.45) is 14.0. The Bertz CT molecular complexity index is 362. The summed E-state index contributed by atoms with van der Waals surface area (Å²) in [6, 6.07) is 0. The third-order valence-electron chi connectivity index (χ3n) is 3.76. The van der Waals surface area contributed by atoms with E-state index in [2.05, 4.69) is 25.0 Å². The Balaban J connectivity index is 3.03. The molecule has 2 N–H and O–H groups in total. The summed E-state index contributed by atoms with van der Waals surface area (Å²) in [5, 5.41) is 22.2. The minimum absolute atomic E-state index is 0.118. The summed E-state index contributed by atoms with van der Waals surface area (Å²) >= 11 is 0. The smallest absolute Gasteiger partial charge is 0.264 e. The van der Waals surface area contributed by atoms with Gasteiger partial charge in [-0.1, -0.05) is 70.6 Å². The van der Waals surface area contributed by atoms with Gasteiger partial charge < -0.3 is 0 Å². The van der Waals surface area contributed by atoms with Gasteiger partial charge in [-0.15, -0.1) is 0 Å². The Labute approximate surface area is 149 Å². The third-order valence-corrected chi connectivity index (χ3v) is 4.57. The Hall–Kier alpha value is -0.330. The molecular weight excluding hydrogens is 356 g/mol. The zero-order valence-corrected chi connectivity index (χ0v) is 15.6. The fraction of sp³-hybridized carbons (Fsp3) is 1.00. The molecule has 0 aliphatic carbocycles. The van der Waals surface area contributed by atoms with Gasteiger partial charge in [0, 0.05) is 0 Å². The lowest BCUT2D eigenvalue weighted by molar-refractivity contribution is -0.753. The molecule has 0 saturated carbocycles. The lowest BCUT2D eigenvalue weighted by atomic mass is 10.0. The van der Waals surface area contributed by atoms with Crippen LogP contribution in [0.3, 0.4) is 0 Å². The summed E-state index contributed by atoms with van der Waals surface area (Å²) in [7, 11) is -3.78. The molecule has 0 aromatic carbocycles. The maximum absolute atomic E-state index is 10.5. The highest BCUT2D eigenvalue weighted by molar-refractivity contribution is 7.85. The van der Waals surface area contributed by atoms with E-state index in [-0.39, 0.29) is 5.75 Å². The van der Waals surface area contributed by atoms with Crippen molar-refractivity contribution < 1.29 is 43.3 Å². The van der Waals surface area contributed by atoms with E-state index in [1.165, 1.54) is 38.5 Å². The van der Waals surface area contributed by atoms with Gasteiger partial charge in [0.05, 0.1) is 12.4 Å². The predicted octanol–water partition coefficient (Wildman–Crippen LogP) is 4.16. The quantitative estimate of drug-likeness (QED) is 0.137. The summed E-state index contributed by atoms with van der Waals surface area (Å²) in [4.78, 5) is 4.58. The van der Waals surface area contributed by atoms with Crippen molar-refractivity contribution in [2.24, 2.45) is 0 Å².